The number of anilines is 1. The molecule has 10 nitrogen and oxygen atoms in total. The zero-order chi connectivity index (χ0) is 19.4. The van der Waals surface area contributed by atoms with Gasteiger partial charge in [0.1, 0.15) is 0 Å². The molecule has 138 valence electrons. The third-order valence-corrected chi connectivity index (χ3v) is 3.44. The van der Waals surface area contributed by atoms with E-state index in [0.717, 1.165) is 24.3 Å². The van der Waals surface area contributed by atoms with E-state index in [9.17, 15) is 28.5 Å². The number of benzene rings is 1. The van der Waals surface area contributed by atoms with Crippen molar-refractivity contribution in [3.63, 3.8) is 0 Å². The van der Waals surface area contributed by atoms with Crippen LogP contribution < -0.4 is 9.62 Å². The summed E-state index contributed by atoms with van der Waals surface area (Å²) in [5.74, 6) is -1.02. The molecule has 2 atom stereocenters. The minimum atomic E-state index is -3.00. The van der Waals surface area contributed by atoms with E-state index in [1.54, 1.807) is 20.8 Å². The summed E-state index contributed by atoms with van der Waals surface area (Å²) in [7, 11) is 0. The van der Waals surface area contributed by atoms with E-state index in [-0.39, 0.29) is 11.4 Å². The number of hydrogen-bond donors (Lipinski definition) is 1. The van der Waals surface area contributed by atoms with Crippen molar-refractivity contribution in [2.75, 3.05) is 4.31 Å². The number of nitro groups is 1. The number of nitrogens with zero attached hydrogens (tertiary/aromatic N) is 2. The molecule has 0 saturated heterocycles. The highest BCUT2D eigenvalue weighted by molar-refractivity contribution is 7.81. The first kappa shape index (κ1) is 20.5. The Balaban J connectivity index is 2.94. The van der Waals surface area contributed by atoms with Gasteiger partial charge in [-0.15, -0.1) is 0 Å². The van der Waals surface area contributed by atoms with Gasteiger partial charge in [0.2, 0.25) is 0 Å². The van der Waals surface area contributed by atoms with Crippen LogP contribution in [0.15, 0.2) is 24.3 Å². The predicted octanol–water partition coefficient (Wildman–Crippen LogP) is 1.64. The SMILES string of the molecule is C[C@@H](OC(=O)NC(C)(C)C)C(=O)N(c1ccc([N+](=O)[O-])cc1)S(=O)[O-]. The van der Waals surface area contributed by atoms with Gasteiger partial charge >= 0.3 is 6.09 Å². The molecular weight excluding hydrogens is 354 g/mol. The smallest absolute Gasteiger partial charge is 0.408 e. The molecule has 0 radical (unpaired) electrons. The molecular formula is C14H18N3O7S-. The number of non-ortho nitro benzene ring substituents is 1. The Labute approximate surface area is 146 Å². The minimum Gasteiger partial charge on any atom is -0.755 e. The molecule has 0 aliphatic carbocycles. The van der Waals surface area contributed by atoms with Crippen molar-refractivity contribution in [3.8, 4) is 0 Å². The predicted molar refractivity (Wildman–Crippen MR) is 88.3 cm³/mol. The van der Waals surface area contributed by atoms with Crippen LogP contribution >= 0.6 is 0 Å². The van der Waals surface area contributed by atoms with Crippen LogP contribution in [0.25, 0.3) is 0 Å². The van der Waals surface area contributed by atoms with Gasteiger partial charge in [-0.1, -0.05) is 0 Å². The number of alkyl carbamates (subject to hydrolysis) is 1. The molecule has 0 heterocycles. The lowest BCUT2D eigenvalue weighted by atomic mass is 10.1. The summed E-state index contributed by atoms with van der Waals surface area (Å²) in [6.45, 7) is 6.33. The third-order valence-electron chi connectivity index (χ3n) is 2.75. The summed E-state index contributed by atoms with van der Waals surface area (Å²) >= 11 is -3.00. The standard InChI is InChI=1S/C14H19N3O7S/c1-9(24-13(19)15-14(2,3)4)12(18)16(25(22)23)10-5-7-11(8-6-10)17(20)21/h5-9H,1-4H3,(H,15,19)(H,22,23)/p-1/t9-/m1/s1. The fourth-order valence-corrected chi connectivity index (χ4v) is 2.30. The van der Waals surface area contributed by atoms with Gasteiger partial charge in [0.15, 0.2) is 6.10 Å². The van der Waals surface area contributed by atoms with E-state index in [1.807, 2.05) is 0 Å². The number of amides is 2. The van der Waals surface area contributed by atoms with E-state index >= 15 is 0 Å². The van der Waals surface area contributed by atoms with Gasteiger partial charge in [-0.25, -0.2) is 9.10 Å². The zero-order valence-electron chi connectivity index (χ0n) is 14.0. The Morgan fingerprint density at radius 1 is 1.28 bits per heavy atom. The number of carbonyl (C=O) groups excluding carboxylic acids is 2. The van der Waals surface area contributed by atoms with Crippen molar-refractivity contribution in [2.24, 2.45) is 0 Å². The summed E-state index contributed by atoms with van der Waals surface area (Å²) in [5, 5.41) is 13.1. The first-order valence-electron chi connectivity index (χ1n) is 7.09. The monoisotopic (exact) mass is 372 g/mol. The molecule has 1 rings (SSSR count). The highest BCUT2D eigenvalue weighted by Crippen LogP contribution is 2.21. The molecule has 1 N–H and O–H groups in total. The topological polar surface area (TPSA) is 142 Å². The average molecular weight is 372 g/mol. The van der Waals surface area contributed by atoms with Crippen molar-refractivity contribution in [2.45, 2.75) is 39.3 Å². The first-order chi connectivity index (χ1) is 11.4. The second-order valence-electron chi connectivity index (χ2n) is 6.05. The van der Waals surface area contributed by atoms with E-state index in [0.29, 0.717) is 4.31 Å². The van der Waals surface area contributed by atoms with Crippen molar-refractivity contribution in [1.29, 1.82) is 0 Å². The minimum absolute atomic E-state index is 0.115. The summed E-state index contributed by atoms with van der Waals surface area (Å²) in [5.41, 5.74) is -0.975. The maximum atomic E-state index is 12.3. The van der Waals surface area contributed by atoms with Crippen LogP contribution in [0.2, 0.25) is 0 Å². The quantitative estimate of drug-likeness (QED) is 0.470. The largest absolute Gasteiger partial charge is 0.755 e. The molecule has 11 heteroatoms. The van der Waals surface area contributed by atoms with Crippen molar-refractivity contribution in [1.82, 2.24) is 5.32 Å². The lowest BCUT2D eigenvalue weighted by Crippen LogP contribution is -2.46. The van der Waals surface area contributed by atoms with Gasteiger partial charge < -0.3 is 14.6 Å². The third kappa shape index (κ3) is 6.12. The molecule has 0 aliphatic rings. The van der Waals surface area contributed by atoms with Crippen molar-refractivity contribution in [3.05, 3.63) is 34.4 Å². The van der Waals surface area contributed by atoms with Gasteiger partial charge in [0.05, 0.1) is 21.9 Å². The number of carbonyl (C=O) groups is 2. The fraction of sp³-hybridized carbons (Fsp3) is 0.429. The first-order valence-corrected chi connectivity index (χ1v) is 8.12. The Hall–Kier alpha value is -2.53. The maximum absolute atomic E-state index is 12.3. The molecule has 1 aromatic rings. The maximum Gasteiger partial charge on any atom is 0.408 e. The lowest BCUT2D eigenvalue weighted by molar-refractivity contribution is -0.384. The van der Waals surface area contributed by atoms with Crippen LogP contribution in [0, 0.1) is 10.1 Å². The Bertz CT molecular complexity index is 685. The Morgan fingerprint density at radius 2 is 1.80 bits per heavy atom. The average Bonchev–Trinajstić information content (AvgIpc) is 2.45. The zero-order valence-corrected chi connectivity index (χ0v) is 14.9. The van der Waals surface area contributed by atoms with Gasteiger partial charge in [-0.2, -0.15) is 0 Å². The van der Waals surface area contributed by atoms with Gasteiger partial charge in [0, 0.05) is 17.7 Å². The molecule has 0 bridgehead atoms. The number of rotatable bonds is 5. The van der Waals surface area contributed by atoms with E-state index < -0.39 is 39.8 Å². The van der Waals surface area contributed by atoms with E-state index in [2.05, 4.69) is 5.32 Å². The molecule has 0 spiro atoms. The Morgan fingerprint density at radius 3 is 2.20 bits per heavy atom. The van der Waals surface area contributed by atoms with Gasteiger partial charge in [-0.3, -0.25) is 19.1 Å². The molecule has 1 unspecified atom stereocenters. The summed E-state index contributed by atoms with van der Waals surface area (Å²) in [6, 6.07) is 4.32. The molecule has 0 fully saturated rings. The van der Waals surface area contributed by atoms with Crippen molar-refractivity contribution >= 4 is 34.6 Å². The normalized spacial score (nSPS) is 13.5. The van der Waals surface area contributed by atoms with E-state index in [1.165, 1.54) is 6.92 Å². The molecule has 0 aromatic heterocycles. The van der Waals surface area contributed by atoms with E-state index in [4.69, 9.17) is 4.74 Å². The molecule has 0 saturated carbocycles. The molecule has 2 amide bonds. The summed E-state index contributed by atoms with van der Waals surface area (Å²) in [6.07, 6.45) is -2.27. The molecule has 1 aromatic carbocycles. The lowest BCUT2D eigenvalue weighted by Gasteiger charge is -2.27. The van der Waals surface area contributed by atoms with Crippen molar-refractivity contribution < 1.29 is 28.0 Å². The van der Waals surface area contributed by atoms with Crippen LogP contribution in [0.3, 0.4) is 0 Å². The highest BCUT2D eigenvalue weighted by atomic mass is 32.2. The molecule has 0 aliphatic heterocycles. The summed E-state index contributed by atoms with van der Waals surface area (Å²) in [4.78, 5) is 34.0. The fourth-order valence-electron chi connectivity index (χ4n) is 1.71. The summed E-state index contributed by atoms with van der Waals surface area (Å²) < 4.78 is 28.0. The number of nitro benzene ring substituents is 1. The number of ether oxygens (including phenoxy) is 1. The van der Waals surface area contributed by atoms with Crippen LogP contribution in [0.4, 0.5) is 16.2 Å². The van der Waals surface area contributed by atoms with Crippen LogP contribution in [0.5, 0.6) is 0 Å². The highest BCUT2D eigenvalue weighted by Gasteiger charge is 2.27. The second-order valence-corrected chi connectivity index (χ2v) is 6.85. The van der Waals surface area contributed by atoms with Gasteiger partial charge in [0.25, 0.3) is 11.6 Å². The molecule has 25 heavy (non-hydrogen) atoms. The van der Waals surface area contributed by atoms with Crippen LogP contribution in [-0.2, 0) is 20.8 Å². The van der Waals surface area contributed by atoms with Crippen LogP contribution in [0.1, 0.15) is 27.7 Å². The number of hydrogen-bond acceptors (Lipinski definition) is 7. The number of nitrogens with one attached hydrogen (secondary N) is 1. The van der Waals surface area contributed by atoms with Gasteiger partial charge in [-0.05, 0) is 39.8 Å². The second kappa shape index (κ2) is 8.03. The van der Waals surface area contributed by atoms with Crippen LogP contribution in [-0.4, -0.2) is 37.3 Å². The Kier molecular flexibility index (Phi) is 6.59.